The normalized spacial score (nSPS) is 12.2. The van der Waals surface area contributed by atoms with Gasteiger partial charge in [-0.05, 0) is 32.1 Å². The second-order valence-electron chi connectivity index (χ2n) is 5.23. The molecule has 5 heteroatoms. The number of rotatable bonds is 11. The van der Waals surface area contributed by atoms with Crippen LogP contribution in [-0.2, 0) is 11.2 Å². The van der Waals surface area contributed by atoms with E-state index in [1.807, 2.05) is 6.20 Å². The number of aromatic amines is 1. The van der Waals surface area contributed by atoms with Gasteiger partial charge in [0.05, 0.1) is 6.33 Å². The highest BCUT2D eigenvalue weighted by atomic mass is 16.6. The van der Waals surface area contributed by atoms with Crippen molar-refractivity contribution in [2.75, 3.05) is 0 Å². The van der Waals surface area contributed by atoms with E-state index in [4.69, 9.17) is 10.5 Å². The van der Waals surface area contributed by atoms with Gasteiger partial charge < -0.3 is 15.5 Å². The number of hydrogen-bond donors (Lipinski definition) is 2. The number of nitrogens with two attached hydrogens (primary N) is 1. The van der Waals surface area contributed by atoms with Crippen molar-refractivity contribution in [3.05, 3.63) is 18.2 Å². The van der Waals surface area contributed by atoms with Gasteiger partial charge in [-0.3, -0.25) is 0 Å². The van der Waals surface area contributed by atoms with Crippen molar-refractivity contribution in [1.82, 2.24) is 9.97 Å². The molecule has 3 N–H and O–H groups in total. The molecule has 0 fully saturated rings. The Morgan fingerprint density at radius 1 is 1.30 bits per heavy atom. The molecule has 1 aromatic rings. The first-order valence-corrected chi connectivity index (χ1v) is 7.65. The highest BCUT2D eigenvalue weighted by molar-refractivity contribution is 5.64. The predicted octanol–water partition coefficient (Wildman–Crippen LogP) is 3.56. The second kappa shape index (κ2) is 10.3. The van der Waals surface area contributed by atoms with Gasteiger partial charge in [-0.1, -0.05) is 32.6 Å². The Hall–Kier alpha value is -1.52. The number of aromatic nitrogens is 2. The fourth-order valence-corrected chi connectivity index (χ4v) is 2.34. The molecule has 0 aliphatic heterocycles. The molecule has 0 saturated carbocycles. The highest BCUT2D eigenvalue weighted by Crippen LogP contribution is 2.15. The van der Waals surface area contributed by atoms with Crippen molar-refractivity contribution < 1.29 is 9.53 Å². The molecule has 0 radical (unpaired) electrons. The van der Waals surface area contributed by atoms with Crippen LogP contribution in [0.1, 0.15) is 64.0 Å². The molecule has 1 rings (SSSR count). The Morgan fingerprint density at radius 3 is 2.70 bits per heavy atom. The van der Waals surface area contributed by atoms with Gasteiger partial charge >= 0.3 is 6.09 Å². The molecule has 0 aromatic carbocycles. The third-order valence-electron chi connectivity index (χ3n) is 3.44. The van der Waals surface area contributed by atoms with Crippen LogP contribution in [-0.4, -0.2) is 22.2 Å². The molecule has 1 unspecified atom stereocenters. The van der Waals surface area contributed by atoms with Gasteiger partial charge in [0.15, 0.2) is 0 Å². The largest absolute Gasteiger partial charge is 0.446 e. The number of carbonyl (C=O) groups excluding carboxylic acids is 1. The minimum absolute atomic E-state index is 0.0444. The summed E-state index contributed by atoms with van der Waals surface area (Å²) in [6.45, 7) is 2.20. The number of amides is 1. The third kappa shape index (κ3) is 7.81. The number of H-pyrrole nitrogens is 1. The number of ether oxygens (including phenoxy) is 1. The Labute approximate surface area is 121 Å². The molecule has 0 bridgehead atoms. The van der Waals surface area contributed by atoms with Gasteiger partial charge in [0.2, 0.25) is 0 Å². The van der Waals surface area contributed by atoms with Gasteiger partial charge in [-0.15, -0.1) is 0 Å². The summed E-state index contributed by atoms with van der Waals surface area (Å²) in [6.07, 6.45) is 12.5. The Balaban J connectivity index is 2.19. The van der Waals surface area contributed by atoms with Gasteiger partial charge in [0, 0.05) is 11.9 Å². The number of carbonyl (C=O) groups is 1. The van der Waals surface area contributed by atoms with E-state index in [0.29, 0.717) is 0 Å². The standard InChI is InChI=1S/C15H27N3O2/c1-2-3-4-5-6-9-14(20-15(16)19)10-7-8-13-11-17-12-18-13/h11-12,14H,2-10H2,1H3,(H2,16,19)(H,17,18). The van der Waals surface area contributed by atoms with Gasteiger partial charge in [-0.2, -0.15) is 0 Å². The molecular weight excluding hydrogens is 254 g/mol. The van der Waals surface area contributed by atoms with Crippen LogP contribution in [0.2, 0.25) is 0 Å². The van der Waals surface area contributed by atoms with Gasteiger partial charge in [0.25, 0.3) is 0 Å². The molecule has 1 heterocycles. The number of unbranched alkanes of at least 4 members (excludes halogenated alkanes) is 4. The molecule has 0 saturated heterocycles. The maximum Gasteiger partial charge on any atom is 0.404 e. The van der Waals surface area contributed by atoms with Crippen LogP contribution in [0.3, 0.4) is 0 Å². The van der Waals surface area contributed by atoms with Crippen molar-refractivity contribution in [3.63, 3.8) is 0 Å². The van der Waals surface area contributed by atoms with Crippen LogP contribution in [0.5, 0.6) is 0 Å². The number of nitrogens with one attached hydrogen (secondary N) is 1. The van der Waals surface area contributed by atoms with Crippen molar-refractivity contribution >= 4 is 6.09 Å². The van der Waals surface area contributed by atoms with Crippen LogP contribution in [0, 0.1) is 0 Å². The average Bonchev–Trinajstić information content (AvgIpc) is 2.90. The van der Waals surface area contributed by atoms with E-state index >= 15 is 0 Å². The first-order valence-electron chi connectivity index (χ1n) is 7.65. The molecule has 1 aromatic heterocycles. The zero-order valence-electron chi connectivity index (χ0n) is 12.4. The van der Waals surface area contributed by atoms with Gasteiger partial charge in [-0.25, -0.2) is 9.78 Å². The monoisotopic (exact) mass is 281 g/mol. The first-order chi connectivity index (χ1) is 9.72. The van der Waals surface area contributed by atoms with E-state index in [1.165, 1.54) is 25.7 Å². The third-order valence-corrected chi connectivity index (χ3v) is 3.44. The zero-order chi connectivity index (χ0) is 14.6. The van der Waals surface area contributed by atoms with Crippen molar-refractivity contribution in [2.24, 2.45) is 5.73 Å². The van der Waals surface area contributed by atoms with Crippen LogP contribution < -0.4 is 5.73 Å². The average molecular weight is 281 g/mol. The molecule has 5 nitrogen and oxygen atoms in total. The number of aryl methyl sites for hydroxylation is 1. The molecule has 20 heavy (non-hydrogen) atoms. The SMILES string of the molecule is CCCCCCCC(CCCc1cnc[nH]1)OC(N)=O. The maximum atomic E-state index is 10.9. The summed E-state index contributed by atoms with van der Waals surface area (Å²) in [5, 5.41) is 0. The molecule has 1 atom stereocenters. The van der Waals surface area contributed by atoms with Crippen LogP contribution >= 0.6 is 0 Å². The smallest absolute Gasteiger partial charge is 0.404 e. The lowest BCUT2D eigenvalue weighted by Crippen LogP contribution is -2.23. The number of hydrogen-bond acceptors (Lipinski definition) is 3. The van der Waals surface area contributed by atoms with Crippen LogP contribution in [0.25, 0.3) is 0 Å². The summed E-state index contributed by atoms with van der Waals surface area (Å²) in [4.78, 5) is 18.0. The van der Waals surface area contributed by atoms with Crippen LogP contribution in [0.15, 0.2) is 12.5 Å². The number of nitrogens with zero attached hydrogens (tertiary/aromatic N) is 1. The second-order valence-corrected chi connectivity index (χ2v) is 5.23. The number of primary amides is 1. The van der Waals surface area contributed by atoms with Crippen molar-refractivity contribution in [1.29, 1.82) is 0 Å². The Bertz CT molecular complexity index is 352. The lowest BCUT2D eigenvalue weighted by molar-refractivity contribution is 0.0927. The summed E-state index contributed by atoms with van der Waals surface area (Å²) in [6, 6.07) is 0. The van der Waals surface area contributed by atoms with Gasteiger partial charge in [0.1, 0.15) is 6.10 Å². The molecular formula is C15H27N3O2. The quantitative estimate of drug-likeness (QED) is 0.608. The molecule has 0 spiro atoms. The fraction of sp³-hybridized carbons (Fsp3) is 0.733. The van der Waals surface area contributed by atoms with Crippen molar-refractivity contribution in [3.8, 4) is 0 Å². The van der Waals surface area contributed by atoms with Crippen LogP contribution in [0.4, 0.5) is 4.79 Å². The summed E-state index contributed by atoms with van der Waals surface area (Å²) in [5.74, 6) is 0. The van der Waals surface area contributed by atoms with E-state index < -0.39 is 6.09 Å². The Morgan fingerprint density at radius 2 is 2.05 bits per heavy atom. The van der Waals surface area contributed by atoms with E-state index in [2.05, 4.69) is 16.9 Å². The van der Waals surface area contributed by atoms with E-state index in [0.717, 1.165) is 37.8 Å². The topological polar surface area (TPSA) is 81.0 Å². The first kappa shape index (κ1) is 16.5. The minimum Gasteiger partial charge on any atom is -0.446 e. The van der Waals surface area contributed by atoms with E-state index in [1.54, 1.807) is 6.33 Å². The van der Waals surface area contributed by atoms with Crippen molar-refractivity contribution in [2.45, 2.75) is 70.8 Å². The maximum absolute atomic E-state index is 10.9. The molecule has 1 amide bonds. The molecule has 0 aliphatic rings. The summed E-state index contributed by atoms with van der Waals surface area (Å²) >= 11 is 0. The summed E-state index contributed by atoms with van der Waals surface area (Å²) in [5.41, 5.74) is 6.25. The molecule has 0 aliphatic carbocycles. The lowest BCUT2D eigenvalue weighted by Gasteiger charge is -2.16. The lowest BCUT2D eigenvalue weighted by atomic mass is 10.0. The number of imidazole rings is 1. The summed E-state index contributed by atoms with van der Waals surface area (Å²) < 4.78 is 5.19. The Kier molecular flexibility index (Phi) is 8.51. The zero-order valence-corrected chi connectivity index (χ0v) is 12.4. The van der Waals surface area contributed by atoms with E-state index in [-0.39, 0.29) is 6.10 Å². The van der Waals surface area contributed by atoms with E-state index in [9.17, 15) is 4.79 Å². The molecule has 114 valence electrons. The minimum atomic E-state index is -0.662. The fourth-order valence-electron chi connectivity index (χ4n) is 2.34. The highest BCUT2D eigenvalue weighted by Gasteiger charge is 2.12. The predicted molar refractivity (Wildman–Crippen MR) is 79.4 cm³/mol. The summed E-state index contributed by atoms with van der Waals surface area (Å²) in [7, 11) is 0.